The van der Waals surface area contributed by atoms with Crippen molar-refractivity contribution in [3.63, 3.8) is 0 Å². The number of nitrogens with zero attached hydrogens (tertiary/aromatic N) is 2. The van der Waals surface area contributed by atoms with Crippen LogP contribution in [0.5, 0.6) is 0 Å². The highest BCUT2D eigenvalue weighted by Crippen LogP contribution is 2.60. The molecule has 24 heavy (non-hydrogen) atoms. The van der Waals surface area contributed by atoms with E-state index in [1.807, 2.05) is 0 Å². The van der Waals surface area contributed by atoms with Gasteiger partial charge in [0.25, 0.3) is 0 Å². The second kappa shape index (κ2) is 6.07. The van der Waals surface area contributed by atoms with Gasteiger partial charge in [0.05, 0.1) is 0 Å². The van der Waals surface area contributed by atoms with Crippen LogP contribution < -0.4 is 5.32 Å². The molecule has 0 spiro atoms. The molecule has 1 aromatic heterocycles. The summed E-state index contributed by atoms with van der Waals surface area (Å²) in [5, 5.41) is 10.5. The van der Waals surface area contributed by atoms with E-state index < -0.39 is 11.2 Å². The summed E-state index contributed by atoms with van der Waals surface area (Å²) in [6.45, 7) is 1.38. The molecule has 0 aliphatic heterocycles. The predicted molar refractivity (Wildman–Crippen MR) is 91.1 cm³/mol. The maximum absolute atomic E-state index is 13.0. The highest BCUT2D eigenvalue weighted by atomic mass is 32.2. The highest BCUT2D eigenvalue weighted by Gasteiger charge is 2.55. The van der Waals surface area contributed by atoms with E-state index in [0.29, 0.717) is 27.2 Å². The lowest BCUT2D eigenvalue weighted by Gasteiger charge is -2.55. The lowest BCUT2D eigenvalue weighted by Crippen LogP contribution is -2.51. The standard InChI is InChI=1S/C16H21N3O3S2/c1-9(20)17-14-18-19-15(23-14)24(22)8-13(21)16-5-10-2-11(6-16)4-12(3-10)7-16/h10-12H,2-8H2,1H3,(H,17,18,20). The Balaban J connectivity index is 1.44. The van der Waals surface area contributed by atoms with Crippen molar-refractivity contribution in [1.29, 1.82) is 0 Å². The van der Waals surface area contributed by atoms with Gasteiger partial charge in [0.2, 0.25) is 11.0 Å². The van der Waals surface area contributed by atoms with Gasteiger partial charge < -0.3 is 9.87 Å². The molecule has 1 aromatic rings. The number of hydrogen-bond donors (Lipinski definition) is 1. The first-order chi connectivity index (χ1) is 11.4. The second-order valence-electron chi connectivity index (χ2n) is 7.67. The Morgan fingerprint density at radius 3 is 2.33 bits per heavy atom. The largest absolute Gasteiger partial charge is 0.609 e. The zero-order chi connectivity index (χ0) is 16.9. The fraction of sp³-hybridized carbons (Fsp3) is 0.750. The normalized spacial score (nSPS) is 35.0. The van der Waals surface area contributed by atoms with Crippen LogP contribution in [0.15, 0.2) is 4.34 Å². The summed E-state index contributed by atoms with van der Waals surface area (Å²) in [7, 11) is 0. The predicted octanol–water partition coefficient (Wildman–Crippen LogP) is 2.39. The number of anilines is 1. The minimum absolute atomic E-state index is 0.0286. The molecule has 4 fully saturated rings. The topological polar surface area (TPSA) is 95.0 Å². The Morgan fingerprint density at radius 1 is 1.21 bits per heavy atom. The van der Waals surface area contributed by atoms with Crippen molar-refractivity contribution >= 4 is 39.3 Å². The van der Waals surface area contributed by atoms with Crippen LogP contribution in [0.3, 0.4) is 0 Å². The number of Topliss-reactive ketones (excluding diaryl/α,β-unsaturated/α-hetero) is 1. The van der Waals surface area contributed by atoms with E-state index in [4.69, 9.17) is 0 Å². The van der Waals surface area contributed by atoms with Crippen LogP contribution in [0.1, 0.15) is 45.4 Å². The van der Waals surface area contributed by atoms with Crippen LogP contribution in [0.4, 0.5) is 5.13 Å². The average Bonchev–Trinajstić information content (AvgIpc) is 2.93. The van der Waals surface area contributed by atoms with E-state index >= 15 is 0 Å². The molecule has 1 N–H and O–H groups in total. The first kappa shape index (κ1) is 16.5. The van der Waals surface area contributed by atoms with Crippen LogP contribution in [0.2, 0.25) is 0 Å². The molecule has 0 saturated heterocycles. The number of carbonyl (C=O) groups excluding carboxylic acids is 2. The minimum atomic E-state index is -1.48. The molecule has 8 heteroatoms. The lowest BCUT2D eigenvalue weighted by atomic mass is 9.48. The van der Waals surface area contributed by atoms with Crippen LogP contribution in [0, 0.1) is 23.2 Å². The number of aromatic nitrogens is 2. The van der Waals surface area contributed by atoms with E-state index in [1.165, 1.54) is 26.2 Å². The third-order valence-electron chi connectivity index (χ3n) is 5.78. The first-order valence-corrected chi connectivity index (χ1v) is 10.6. The van der Waals surface area contributed by atoms with E-state index in [1.54, 1.807) is 0 Å². The fourth-order valence-electron chi connectivity index (χ4n) is 5.29. The molecule has 1 unspecified atom stereocenters. The number of ketones is 1. The van der Waals surface area contributed by atoms with Crippen LogP contribution in [0.25, 0.3) is 0 Å². The Kier molecular flexibility index (Phi) is 4.17. The van der Waals surface area contributed by atoms with Gasteiger partial charge in [-0.3, -0.25) is 9.59 Å². The molecule has 4 aliphatic rings. The lowest BCUT2D eigenvalue weighted by molar-refractivity contribution is -0.141. The molecule has 0 radical (unpaired) electrons. The summed E-state index contributed by atoms with van der Waals surface area (Å²) in [6, 6.07) is 0. The smallest absolute Gasteiger partial charge is 0.323 e. The van der Waals surface area contributed by atoms with Crippen LogP contribution in [-0.2, 0) is 20.8 Å². The molecule has 1 heterocycles. The number of amides is 1. The molecular weight excluding hydrogens is 346 g/mol. The number of rotatable bonds is 5. The highest BCUT2D eigenvalue weighted by molar-refractivity contribution is 7.94. The molecule has 4 aliphatic carbocycles. The first-order valence-electron chi connectivity index (χ1n) is 8.46. The third-order valence-corrected chi connectivity index (χ3v) is 8.21. The Labute approximate surface area is 148 Å². The Morgan fingerprint density at radius 2 is 1.79 bits per heavy atom. The van der Waals surface area contributed by atoms with Gasteiger partial charge in [-0.15, -0.1) is 5.10 Å². The summed E-state index contributed by atoms with van der Waals surface area (Å²) in [5.41, 5.74) is -0.227. The summed E-state index contributed by atoms with van der Waals surface area (Å²) in [5.74, 6) is 2.02. The van der Waals surface area contributed by atoms with Crippen molar-refractivity contribution < 1.29 is 14.1 Å². The van der Waals surface area contributed by atoms with Crippen molar-refractivity contribution in [2.24, 2.45) is 23.2 Å². The molecule has 4 saturated carbocycles. The summed E-state index contributed by atoms with van der Waals surface area (Å²) in [4.78, 5) is 24.0. The monoisotopic (exact) mass is 367 g/mol. The molecule has 5 rings (SSSR count). The van der Waals surface area contributed by atoms with Gasteiger partial charge in [0.1, 0.15) is 0 Å². The van der Waals surface area contributed by atoms with E-state index in [2.05, 4.69) is 15.5 Å². The molecular formula is C16H21N3O3S2. The molecule has 0 aromatic carbocycles. The van der Waals surface area contributed by atoms with Crippen molar-refractivity contribution in [2.45, 2.75) is 49.8 Å². The number of hydrogen-bond acceptors (Lipinski definition) is 6. The Hall–Kier alpha value is -0.990. The second-order valence-corrected chi connectivity index (χ2v) is 10.3. The van der Waals surface area contributed by atoms with Gasteiger partial charge in [0.15, 0.2) is 11.5 Å². The van der Waals surface area contributed by atoms with Crippen molar-refractivity contribution in [3.05, 3.63) is 0 Å². The molecule has 130 valence electrons. The summed E-state index contributed by atoms with van der Waals surface area (Å²) < 4.78 is 12.8. The van der Waals surface area contributed by atoms with E-state index in [0.717, 1.165) is 30.6 Å². The van der Waals surface area contributed by atoms with Gasteiger partial charge in [-0.05, 0) is 67.6 Å². The quantitative estimate of drug-likeness (QED) is 0.637. The maximum atomic E-state index is 13.0. The summed E-state index contributed by atoms with van der Waals surface area (Å²) in [6.07, 6.45) is 6.82. The number of nitrogens with one attached hydrogen (secondary N) is 1. The van der Waals surface area contributed by atoms with Gasteiger partial charge in [-0.1, -0.05) is 5.10 Å². The van der Waals surface area contributed by atoms with Crippen LogP contribution >= 0.6 is 11.3 Å². The Bertz CT molecular complexity index is 640. The van der Waals surface area contributed by atoms with Crippen LogP contribution in [-0.4, -0.2) is 32.2 Å². The zero-order valence-corrected chi connectivity index (χ0v) is 15.3. The molecule has 1 atom stereocenters. The molecule has 4 bridgehead atoms. The van der Waals surface area contributed by atoms with Gasteiger partial charge in [-0.25, -0.2) is 0 Å². The minimum Gasteiger partial charge on any atom is -0.609 e. The molecule has 1 amide bonds. The van der Waals surface area contributed by atoms with Gasteiger partial charge >= 0.3 is 4.34 Å². The molecule has 6 nitrogen and oxygen atoms in total. The maximum Gasteiger partial charge on any atom is 0.323 e. The SMILES string of the molecule is CC(=O)Nc1nnc([S+]([O-])CC(=O)C23CC4CC(CC(C4)C2)C3)s1. The third kappa shape index (κ3) is 2.99. The summed E-state index contributed by atoms with van der Waals surface area (Å²) >= 11 is -0.394. The van der Waals surface area contributed by atoms with Gasteiger partial charge in [0, 0.05) is 23.5 Å². The number of carbonyl (C=O) groups is 2. The zero-order valence-electron chi connectivity index (χ0n) is 13.6. The van der Waals surface area contributed by atoms with Crippen molar-refractivity contribution in [3.8, 4) is 0 Å². The fourth-order valence-corrected chi connectivity index (χ4v) is 7.40. The van der Waals surface area contributed by atoms with Crippen molar-refractivity contribution in [2.75, 3.05) is 11.1 Å². The van der Waals surface area contributed by atoms with Crippen molar-refractivity contribution in [1.82, 2.24) is 10.2 Å². The van der Waals surface area contributed by atoms with E-state index in [9.17, 15) is 14.1 Å². The van der Waals surface area contributed by atoms with E-state index in [-0.39, 0.29) is 22.9 Å². The van der Waals surface area contributed by atoms with Gasteiger partial charge in [-0.2, -0.15) is 0 Å². The average molecular weight is 367 g/mol.